The van der Waals surface area contributed by atoms with Gasteiger partial charge < -0.3 is 14.5 Å². The Hall–Kier alpha value is -1.87. The number of amides is 1. The average molecular weight is 441 g/mol. The predicted molar refractivity (Wildman–Crippen MR) is 109 cm³/mol. The van der Waals surface area contributed by atoms with Gasteiger partial charge in [0.15, 0.2) is 0 Å². The molecule has 0 spiro atoms. The predicted octanol–water partition coefficient (Wildman–Crippen LogP) is 3.06. The number of carbonyl (C=O) groups excluding carboxylic acids is 1. The number of nitrogens with one attached hydrogen (secondary N) is 1. The molecule has 1 unspecified atom stereocenters. The van der Waals surface area contributed by atoms with Gasteiger partial charge in [-0.15, -0.1) is 0 Å². The third kappa shape index (κ3) is 6.05. The van der Waals surface area contributed by atoms with Gasteiger partial charge in [-0.05, 0) is 55.7 Å². The number of rotatable bonds is 9. The summed E-state index contributed by atoms with van der Waals surface area (Å²) in [4.78, 5) is 12.7. The lowest BCUT2D eigenvalue weighted by atomic mass is 9.99. The number of furan rings is 1. The van der Waals surface area contributed by atoms with E-state index in [-0.39, 0.29) is 23.3 Å². The lowest BCUT2D eigenvalue weighted by Crippen LogP contribution is -2.45. The molecule has 1 aromatic heterocycles. The molecule has 1 aliphatic heterocycles. The van der Waals surface area contributed by atoms with E-state index in [1.54, 1.807) is 24.5 Å². The van der Waals surface area contributed by atoms with Crippen molar-refractivity contribution >= 4 is 27.5 Å². The number of piperidine rings is 1. The van der Waals surface area contributed by atoms with Gasteiger partial charge in [-0.25, -0.2) is 8.42 Å². The van der Waals surface area contributed by atoms with Crippen LogP contribution in [-0.2, 0) is 26.2 Å². The highest BCUT2D eigenvalue weighted by atomic mass is 35.5. The smallest absolute Gasteiger partial charge is 0.243 e. The van der Waals surface area contributed by atoms with Crippen LogP contribution in [0.15, 0.2) is 52.0 Å². The van der Waals surface area contributed by atoms with E-state index < -0.39 is 10.0 Å². The van der Waals surface area contributed by atoms with E-state index in [9.17, 15) is 13.2 Å². The first kappa shape index (κ1) is 21.8. The molecule has 7 nitrogen and oxygen atoms in total. The van der Waals surface area contributed by atoms with Crippen molar-refractivity contribution in [2.75, 3.05) is 26.2 Å². The van der Waals surface area contributed by atoms with Crippen LogP contribution in [0.4, 0.5) is 0 Å². The van der Waals surface area contributed by atoms with Crippen molar-refractivity contribution < 1.29 is 22.4 Å². The largest absolute Gasteiger partial charge is 0.467 e. The van der Waals surface area contributed by atoms with Gasteiger partial charge in [0.1, 0.15) is 12.4 Å². The Morgan fingerprint density at radius 2 is 2.07 bits per heavy atom. The van der Waals surface area contributed by atoms with E-state index in [1.165, 1.54) is 16.4 Å². The van der Waals surface area contributed by atoms with E-state index in [1.807, 2.05) is 6.07 Å². The molecule has 3 rings (SSSR count). The molecule has 1 N–H and O–H groups in total. The van der Waals surface area contributed by atoms with E-state index in [4.69, 9.17) is 20.8 Å². The monoisotopic (exact) mass is 440 g/mol. The molecule has 9 heteroatoms. The van der Waals surface area contributed by atoms with Gasteiger partial charge in [0.25, 0.3) is 0 Å². The number of hydrogen-bond donors (Lipinski definition) is 1. The number of sulfonamides is 1. The molecule has 1 saturated heterocycles. The molecule has 0 bridgehead atoms. The van der Waals surface area contributed by atoms with Crippen LogP contribution in [0.25, 0.3) is 0 Å². The fraction of sp³-hybridized carbons (Fsp3) is 0.450. The summed E-state index contributed by atoms with van der Waals surface area (Å²) < 4.78 is 37.7. The zero-order valence-corrected chi connectivity index (χ0v) is 17.6. The molecule has 1 atom stereocenters. The fourth-order valence-electron chi connectivity index (χ4n) is 3.23. The minimum Gasteiger partial charge on any atom is -0.467 e. The summed E-state index contributed by atoms with van der Waals surface area (Å²) in [6.45, 7) is 1.99. The van der Waals surface area contributed by atoms with Crippen molar-refractivity contribution in [3.8, 4) is 0 Å². The van der Waals surface area contributed by atoms with Crippen molar-refractivity contribution in [1.29, 1.82) is 0 Å². The number of carbonyl (C=O) groups is 1. The summed E-state index contributed by atoms with van der Waals surface area (Å²) in [5.74, 6) is 0.292. The molecule has 158 valence electrons. The summed E-state index contributed by atoms with van der Waals surface area (Å²) in [7, 11) is -3.63. The second kappa shape index (κ2) is 10.2. The van der Waals surface area contributed by atoms with Crippen LogP contribution in [-0.4, -0.2) is 44.9 Å². The quantitative estimate of drug-likeness (QED) is 0.605. The third-order valence-corrected chi connectivity index (χ3v) is 6.93. The zero-order valence-electron chi connectivity index (χ0n) is 16.1. The van der Waals surface area contributed by atoms with E-state index in [0.29, 0.717) is 50.6 Å². The summed E-state index contributed by atoms with van der Waals surface area (Å²) in [6, 6.07) is 9.73. The van der Waals surface area contributed by atoms with Crippen LogP contribution in [0.2, 0.25) is 5.02 Å². The number of nitrogens with zero attached hydrogens (tertiary/aromatic N) is 1. The lowest BCUT2D eigenvalue weighted by molar-refractivity contribution is -0.126. The van der Waals surface area contributed by atoms with Crippen LogP contribution < -0.4 is 5.32 Å². The summed E-state index contributed by atoms with van der Waals surface area (Å²) in [6.07, 6.45) is 3.59. The molecule has 2 aromatic rings. The molecule has 1 fully saturated rings. The number of ether oxygens (including phenoxy) is 1. The van der Waals surface area contributed by atoms with Gasteiger partial charge in [0, 0.05) is 31.3 Å². The van der Waals surface area contributed by atoms with Crippen LogP contribution in [0, 0.1) is 5.92 Å². The Labute approximate surface area is 176 Å². The van der Waals surface area contributed by atoms with Crippen LogP contribution >= 0.6 is 11.6 Å². The Balaban J connectivity index is 1.43. The lowest BCUT2D eigenvalue weighted by Gasteiger charge is -2.31. The first-order chi connectivity index (χ1) is 14.0. The SMILES string of the molecule is O=C(NCCCOCc1ccco1)C1CCCN(S(=O)(=O)c2ccc(Cl)cc2)C1. The van der Waals surface area contributed by atoms with Crippen LogP contribution in [0.3, 0.4) is 0 Å². The fourth-order valence-corrected chi connectivity index (χ4v) is 4.88. The van der Waals surface area contributed by atoms with Gasteiger partial charge in [-0.2, -0.15) is 4.31 Å². The molecule has 0 saturated carbocycles. The molecule has 0 radical (unpaired) electrons. The molecule has 1 aliphatic rings. The van der Waals surface area contributed by atoms with Crippen LogP contribution in [0.1, 0.15) is 25.0 Å². The van der Waals surface area contributed by atoms with Crippen LogP contribution in [0.5, 0.6) is 0 Å². The first-order valence-electron chi connectivity index (χ1n) is 9.60. The van der Waals surface area contributed by atoms with Crippen molar-refractivity contribution in [1.82, 2.24) is 9.62 Å². The average Bonchev–Trinajstić information content (AvgIpc) is 3.24. The standard InChI is InChI=1S/C20H25ClN2O5S/c21-17-6-8-19(9-7-17)29(25,26)23-11-1-4-16(14-23)20(24)22-10-3-12-27-15-18-5-2-13-28-18/h2,5-9,13,16H,1,3-4,10-12,14-15H2,(H,22,24). The number of benzene rings is 1. The Morgan fingerprint density at radius 1 is 1.28 bits per heavy atom. The highest BCUT2D eigenvalue weighted by molar-refractivity contribution is 7.89. The maximum absolute atomic E-state index is 12.8. The summed E-state index contributed by atoms with van der Waals surface area (Å²) >= 11 is 5.84. The highest BCUT2D eigenvalue weighted by Gasteiger charge is 2.33. The van der Waals surface area contributed by atoms with Gasteiger partial charge in [0.05, 0.1) is 17.1 Å². The van der Waals surface area contributed by atoms with Crippen molar-refractivity contribution in [3.05, 3.63) is 53.4 Å². The van der Waals surface area contributed by atoms with Gasteiger partial charge >= 0.3 is 0 Å². The summed E-state index contributed by atoms with van der Waals surface area (Å²) in [5.41, 5.74) is 0. The van der Waals surface area contributed by atoms with E-state index >= 15 is 0 Å². The first-order valence-corrected chi connectivity index (χ1v) is 11.4. The molecule has 2 heterocycles. The molecule has 1 aromatic carbocycles. The number of halogens is 1. The molecular weight excluding hydrogens is 416 g/mol. The minimum absolute atomic E-state index is 0.118. The number of hydrogen-bond acceptors (Lipinski definition) is 5. The maximum Gasteiger partial charge on any atom is 0.243 e. The van der Waals surface area contributed by atoms with Crippen molar-refractivity contribution in [3.63, 3.8) is 0 Å². The van der Waals surface area contributed by atoms with E-state index in [2.05, 4.69) is 5.32 Å². The maximum atomic E-state index is 12.8. The van der Waals surface area contributed by atoms with Gasteiger partial charge in [-0.1, -0.05) is 11.6 Å². The molecule has 29 heavy (non-hydrogen) atoms. The Morgan fingerprint density at radius 3 is 2.79 bits per heavy atom. The van der Waals surface area contributed by atoms with E-state index in [0.717, 1.165) is 5.76 Å². The highest BCUT2D eigenvalue weighted by Crippen LogP contribution is 2.24. The van der Waals surface area contributed by atoms with Gasteiger partial charge in [-0.3, -0.25) is 4.79 Å². The topological polar surface area (TPSA) is 88.8 Å². The Kier molecular flexibility index (Phi) is 7.71. The molecular formula is C20H25ClN2O5S. The second-order valence-electron chi connectivity index (χ2n) is 6.93. The molecule has 0 aliphatic carbocycles. The van der Waals surface area contributed by atoms with Crippen molar-refractivity contribution in [2.24, 2.45) is 5.92 Å². The molecule has 1 amide bonds. The second-order valence-corrected chi connectivity index (χ2v) is 9.31. The zero-order chi connectivity index (χ0) is 20.7. The normalized spacial score (nSPS) is 17.9. The van der Waals surface area contributed by atoms with Gasteiger partial charge in [0.2, 0.25) is 15.9 Å². The minimum atomic E-state index is -3.63. The summed E-state index contributed by atoms with van der Waals surface area (Å²) in [5, 5.41) is 3.36. The van der Waals surface area contributed by atoms with Crippen molar-refractivity contribution in [2.45, 2.75) is 30.8 Å². The third-order valence-electron chi connectivity index (χ3n) is 4.80. The Bertz CT molecular complexity index is 884.